The zero-order chi connectivity index (χ0) is 18.4. The number of oxazole rings is 1. The summed E-state index contributed by atoms with van der Waals surface area (Å²) in [6.45, 7) is 1.66. The number of carbonyl (C=O) groups is 1. The Balaban J connectivity index is 1.38. The molecule has 3 rings (SSSR count). The fraction of sp³-hybridized carbons (Fsp3) is 0.222. The maximum Gasteiger partial charge on any atom is 0.338 e. The molecule has 2 aromatic carbocycles. The van der Waals surface area contributed by atoms with Crippen LogP contribution in [0.2, 0.25) is 0 Å². The molecule has 26 heavy (non-hydrogen) atoms. The van der Waals surface area contributed by atoms with Crippen molar-refractivity contribution in [1.82, 2.24) is 15.4 Å². The van der Waals surface area contributed by atoms with Gasteiger partial charge >= 0.3 is 6.03 Å². The molecule has 2 amide bonds. The SMILES string of the molecule is NC(=O)N(O)Cc1ccc(OCCNCc2nc3ccccc3o2)cc1. The van der Waals surface area contributed by atoms with Gasteiger partial charge in [0.2, 0.25) is 5.89 Å². The first-order chi connectivity index (χ1) is 12.6. The summed E-state index contributed by atoms with van der Waals surface area (Å²) < 4.78 is 11.3. The van der Waals surface area contributed by atoms with Crippen molar-refractivity contribution in [1.29, 1.82) is 0 Å². The lowest BCUT2D eigenvalue weighted by molar-refractivity contribution is -0.0470. The Labute approximate surface area is 150 Å². The van der Waals surface area contributed by atoms with Crippen LogP contribution in [0.3, 0.4) is 0 Å². The second kappa shape index (κ2) is 8.32. The topological polar surface area (TPSA) is 114 Å². The van der Waals surface area contributed by atoms with Crippen LogP contribution >= 0.6 is 0 Å². The van der Waals surface area contributed by atoms with Crippen molar-refractivity contribution < 1.29 is 19.2 Å². The van der Waals surface area contributed by atoms with Gasteiger partial charge in [0.05, 0.1) is 13.1 Å². The minimum absolute atomic E-state index is 0.0294. The number of benzene rings is 2. The Morgan fingerprint density at radius 1 is 1.23 bits per heavy atom. The maximum absolute atomic E-state index is 10.8. The smallest absolute Gasteiger partial charge is 0.338 e. The third kappa shape index (κ3) is 4.71. The number of rotatable bonds is 8. The molecule has 3 aromatic rings. The number of ether oxygens (including phenoxy) is 1. The van der Waals surface area contributed by atoms with E-state index in [0.29, 0.717) is 36.4 Å². The number of nitrogens with one attached hydrogen (secondary N) is 1. The number of para-hydroxylation sites is 2. The number of urea groups is 1. The van der Waals surface area contributed by atoms with Gasteiger partial charge in [0.1, 0.15) is 17.9 Å². The summed E-state index contributed by atoms with van der Waals surface area (Å²) in [6, 6.07) is 13.8. The molecule has 0 bridgehead atoms. The highest BCUT2D eigenvalue weighted by Gasteiger charge is 2.07. The Morgan fingerprint density at radius 2 is 2.00 bits per heavy atom. The third-order valence-electron chi connectivity index (χ3n) is 3.67. The molecule has 0 spiro atoms. The van der Waals surface area contributed by atoms with Crippen molar-refractivity contribution in [3.63, 3.8) is 0 Å². The Bertz CT molecular complexity index is 830. The highest BCUT2D eigenvalue weighted by atomic mass is 16.5. The second-order valence-corrected chi connectivity index (χ2v) is 5.64. The number of primary amides is 1. The van der Waals surface area contributed by atoms with Gasteiger partial charge in [-0.25, -0.2) is 14.8 Å². The number of nitrogens with two attached hydrogens (primary N) is 1. The summed E-state index contributed by atoms with van der Waals surface area (Å²) in [4.78, 5) is 15.2. The van der Waals surface area contributed by atoms with E-state index in [2.05, 4.69) is 10.3 Å². The van der Waals surface area contributed by atoms with Gasteiger partial charge in [0.15, 0.2) is 5.58 Å². The van der Waals surface area contributed by atoms with Crippen LogP contribution in [0, 0.1) is 0 Å². The van der Waals surface area contributed by atoms with Crippen LogP contribution in [0.5, 0.6) is 5.75 Å². The predicted octanol–water partition coefficient (Wildman–Crippen LogP) is 2.27. The monoisotopic (exact) mass is 356 g/mol. The quantitative estimate of drug-likeness (QED) is 0.324. The molecule has 8 heteroatoms. The standard InChI is InChI=1S/C18H20N4O4/c19-18(23)22(24)12-13-5-7-14(8-6-13)25-10-9-20-11-17-21-15-3-1-2-4-16(15)26-17/h1-8,20,24H,9-12H2,(H2,19,23). The van der Waals surface area contributed by atoms with Crippen molar-refractivity contribution in [3.05, 3.63) is 60.0 Å². The zero-order valence-electron chi connectivity index (χ0n) is 14.1. The van der Waals surface area contributed by atoms with Crippen molar-refractivity contribution >= 4 is 17.1 Å². The summed E-state index contributed by atoms with van der Waals surface area (Å²) in [7, 11) is 0. The van der Waals surface area contributed by atoms with Gasteiger partial charge in [-0.1, -0.05) is 24.3 Å². The molecule has 0 atom stereocenters. The Kier molecular flexibility index (Phi) is 5.67. The zero-order valence-corrected chi connectivity index (χ0v) is 14.1. The van der Waals surface area contributed by atoms with Crippen molar-refractivity contribution in [2.75, 3.05) is 13.2 Å². The van der Waals surface area contributed by atoms with Crippen LogP contribution in [-0.4, -0.2) is 34.4 Å². The van der Waals surface area contributed by atoms with Crippen LogP contribution in [0.25, 0.3) is 11.1 Å². The van der Waals surface area contributed by atoms with Gasteiger partial charge in [0, 0.05) is 6.54 Å². The van der Waals surface area contributed by atoms with Crippen molar-refractivity contribution in [3.8, 4) is 5.75 Å². The highest BCUT2D eigenvalue weighted by molar-refractivity contribution is 5.72. The van der Waals surface area contributed by atoms with Gasteiger partial charge < -0.3 is 20.2 Å². The average molecular weight is 356 g/mol. The molecule has 0 fully saturated rings. The van der Waals surface area contributed by atoms with E-state index in [9.17, 15) is 10.0 Å². The molecule has 0 aliphatic carbocycles. The minimum atomic E-state index is -0.893. The molecular weight excluding hydrogens is 336 g/mol. The molecule has 0 aliphatic rings. The van der Waals surface area contributed by atoms with E-state index >= 15 is 0 Å². The van der Waals surface area contributed by atoms with E-state index in [1.807, 2.05) is 24.3 Å². The summed E-state index contributed by atoms with van der Waals surface area (Å²) in [5.74, 6) is 1.33. The molecule has 8 nitrogen and oxygen atoms in total. The van der Waals surface area contributed by atoms with Crippen molar-refractivity contribution in [2.45, 2.75) is 13.1 Å². The Morgan fingerprint density at radius 3 is 2.73 bits per heavy atom. The largest absolute Gasteiger partial charge is 0.492 e. The lowest BCUT2D eigenvalue weighted by Gasteiger charge is -2.12. The molecule has 1 aromatic heterocycles. The van der Waals surface area contributed by atoms with Gasteiger partial charge in [-0.05, 0) is 29.8 Å². The molecule has 0 aliphatic heterocycles. The first-order valence-electron chi connectivity index (χ1n) is 8.14. The number of hydroxylamine groups is 2. The first-order valence-corrected chi connectivity index (χ1v) is 8.14. The van der Waals surface area contributed by atoms with Crippen LogP contribution < -0.4 is 15.8 Å². The Hall–Kier alpha value is -3.10. The fourth-order valence-electron chi connectivity index (χ4n) is 2.37. The van der Waals surface area contributed by atoms with Crippen molar-refractivity contribution in [2.24, 2.45) is 5.73 Å². The van der Waals surface area contributed by atoms with E-state index in [-0.39, 0.29) is 6.54 Å². The van der Waals surface area contributed by atoms with Gasteiger partial charge in [-0.2, -0.15) is 0 Å². The number of hydrogen-bond donors (Lipinski definition) is 3. The summed E-state index contributed by atoms with van der Waals surface area (Å²) in [5, 5.41) is 13.0. The van der Waals surface area contributed by atoms with Crippen LogP contribution in [-0.2, 0) is 13.1 Å². The second-order valence-electron chi connectivity index (χ2n) is 5.64. The molecule has 4 N–H and O–H groups in total. The van der Waals surface area contributed by atoms with E-state index < -0.39 is 6.03 Å². The molecule has 0 saturated carbocycles. The highest BCUT2D eigenvalue weighted by Crippen LogP contribution is 2.15. The van der Waals surface area contributed by atoms with Gasteiger partial charge in [-0.15, -0.1) is 0 Å². The maximum atomic E-state index is 10.8. The fourth-order valence-corrected chi connectivity index (χ4v) is 2.37. The van der Waals surface area contributed by atoms with E-state index in [0.717, 1.165) is 16.7 Å². The van der Waals surface area contributed by atoms with E-state index in [1.54, 1.807) is 24.3 Å². The average Bonchev–Trinajstić information content (AvgIpc) is 3.05. The lowest BCUT2D eigenvalue weighted by Crippen LogP contribution is -2.31. The predicted molar refractivity (Wildman–Crippen MR) is 94.6 cm³/mol. The molecule has 136 valence electrons. The van der Waals surface area contributed by atoms with Gasteiger partial charge in [-0.3, -0.25) is 5.21 Å². The molecule has 1 heterocycles. The summed E-state index contributed by atoms with van der Waals surface area (Å²) >= 11 is 0. The number of nitrogens with zero attached hydrogens (tertiary/aromatic N) is 2. The normalized spacial score (nSPS) is 10.8. The van der Waals surface area contributed by atoms with Gasteiger partial charge in [0.25, 0.3) is 0 Å². The molecule has 0 unspecified atom stereocenters. The summed E-state index contributed by atoms with van der Waals surface area (Å²) in [6.07, 6.45) is 0. The number of amides is 2. The van der Waals surface area contributed by atoms with E-state index in [4.69, 9.17) is 14.9 Å². The summed E-state index contributed by atoms with van der Waals surface area (Å²) in [5.41, 5.74) is 7.33. The number of fused-ring (bicyclic) bond motifs is 1. The number of hydrogen-bond acceptors (Lipinski definition) is 6. The number of carbonyl (C=O) groups excluding carboxylic acids is 1. The molecular formula is C18H20N4O4. The molecule has 0 radical (unpaired) electrons. The molecule has 0 saturated heterocycles. The number of aromatic nitrogens is 1. The van der Waals surface area contributed by atoms with Crippen LogP contribution in [0.4, 0.5) is 4.79 Å². The first kappa shape index (κ1) is 17.7. The third-order valence-corrected chi connectivity index (χ3v) is 3.67. The van der Waals surface area contributed by atoms with Crippen LogP contribution in [0.1, 0.15) is 11.5 Å². The van der Waals surface area contributed by atoms with Crippen LogP contribution in [0.15, 0.2) is 52.9 Å². The van der Waals surface area contributed by atoms with E-state index in [1.165, 1.54) is 0 Å². The minimum Gasteiger partial charge on any atom is -0.492 e. The lowest BCUT2D eigenvalue weighted by atomic mass is 10.2.